The van der Waals surface area contributed by atoms with E-state index in [-0.39, 0.29) is 6.09 Å². The molecule has 2 rings (SSSR count). The summed E-state index contributed by atoms with van der Waals surface area (Å²) in [5.74, 6) is 0. The molecule has 2 saturated heterocycles. The first-order chi connectivity index (χ1) is 9.83. The molecule has 2 aliphatic heterocycles. The van der Waals surface area contributed by atoms with Crippen molar-refractivity contribution in [1.82, 2.24) is 9.80 Å². The SMILES string of the molecule is CN1CCCC(OC2CCN(C(=O)OC(C)(C)C)CC2)C1. The predicted molar refractivity (Wildman–Crippen MR) is 82.4 cm³/mol. The normalized spacial score (nSPS) is 25.9. The van der Waals surface area contributed by atoms with Crippen molar-refractivity contribution in [3.8, 4) is 0 Å². The molecule has 21 heavy (non-hydrogen) atoms. The molecule has 0 aliphatic carbocycles. The van der Waals surface area contributed by atoms with Crippen molar-refractivity contribution < 1.29 is 14.3 Å². The highest BCUT2D eigenvalue weighted by atomic mass is 16.6. The van der Waals surface area contributed by atoms with Gasteiger partial charge in [-0.1, -0.05) is 0 Å². The number of carbonyl (C=O) groups excluding carboxylic acids is 1. The van der Waals surface area contributed by atoms with Crippen LogP contribution in [0.25, 0.3) is 0 Å². The molecule has 0 aromatic heterocycles. The summed E-state index contributed by atoms with van der Waals surface area (Å²) < 4.78 is 11.6. The number of piperidine rings is 2. The van der Waals surface area contributed by atoms with Crippen LogP contribution in [0.5, 0.6) is 0 Å². The fourth-order valence-corrected chi connectivity index (χ4v) is 3.00. The Kier molecular flexibility index (Phi) is 5.49. The van der Waals surface area contributed by atoms with Crippen LogP contribution in [-0.2, 0) is 9.47 Å². The highest BCUT2D eigenvalue weighted by Gasteiger charge is 2.29. The molecule has 122 valence electrons. The van der Waals surface area contributed by atoms with Gasteiger partial charge in [0.05, 0.1) is 12.2 Å². The van der Waals surface area contributed by atoms with Crippen LogP contribution in [0.4, 0.5) is 4.79 Å². The van der Waals surface area contributed by atoms with Gasteiger partial charge in [-0.2, -0.15) is 0 Å². The van der Waals surface area contributed by atoms with Crippen LogP contribution in [-0.4, -0.2) is 66.9 Å². The van der Waals surface area contributed by atoms with Gasteiger partial charge in [0.25, 0.3) is 0 Å². The number of likely N-dealkylation sites (N-methyl/N-ethyl adjacent to an activating group) is 1. The lowest BCUT2D eigenvalue weighted by molar-refractivity contribution is -0.0671. The van der Waals surface area contributed by atoms with Crippen LogP contribution in [0.2, 0.25) is 0 Å². The van der Waals surface area contributed by atoms with Crippen LogP contribution in [0.15, 0.2) is 0 Å². The number of hydrogen-bond acceptors (Lipinski definition) is 4. The van der Waals surface area contributed by atoms with E-state index in [9.17, 15) is 4.79 Å². The molecule has 0 spiro atoms. The third kappa shape index (κ3) is 5.47. The van der Waals surface area contributed by atoms with Crippen LogP contribution in [0, 0.1) is 0 Å². The Morgan fingerprint density at radius 1 is 1.05 bits per heavy atom. The fraction of sp³-hybridized carbons (Fsp3) is 0.938. The Morgan fingerprint density at radius 3 is 2.29 bits per heavy atom. The Bertz CT molecular complexity index is 346. The molecule has 1 atom stereocenters. The lowest BCUT2D eigenvalue weighted by Gasteiger charge is -2.37. The third-order valence-electron chi connectivity index (χ3n) is 4.06. The van der Waals surface area contributed by atoms with Gasteiger partial charge >= 0.3 is 6.09 Å². The van der Waals surface area contributed by atoms with E-state index in [2.05, 4.69) is 11.9 Å². The largest absolute Gasteiger partial charge is 0.444 e. The lowest BCUT2D eigenvalue weighted by atomic mass is 10.1. The zero-order valence-electron chi connectivity index (χ0n) is 13.9. The second-order valence-corrected chi connectivity index (χ2v) is 7.33. The van der Waals surface area contributed by atoms with Crippen molar-refractivity contribution in [2.45, 2.75) is 64.3 Å². The van der Waals surface area contributed by atoms with E-state index in [1.165, 1.54) is 13.0 Å². The van der Waals surface area contributed by atoms with Crippen LogP contribution in [0.1, 0.15) is 46.5 Å². The van der Waals surface area contributed by atoms with Gasteiger partial charge in [0.1, 0.15) is 5.60 Å². The second kappa shape index (κ2) is 6.97. The molecular weight excluding hydrogens is 268 g/mol. The summed E-state index contributed by atoms with van der Waals surface area (Å²) in [4.78, 5) is 16.2. The molecule has 0 saturated carbocycles. The fourth-order valence-electron chi connectivity index (χ4n) is 3.00. The maximum absolute atomic E-state index is 12.0. The van der Waals surface area contributed by atoms with Gasteiger partial charge in [0, 0.05) is 19.6 Å². The summed E-state index contributed by atoms with van der Waals surface area (Å²) in [6, 6.07) is 0. The first kappa shape index (κ1) is 16.6. The molecule has 2 aliphatic rings. The van der Waals surface area contributed by atoms with Gasteiger partial charge in [-0.05, 0) is 60.0 Å². The van der Waals surface area contributed by atoms with Gasteiger partial charge in [-0.25, -0.2) is 4.79 Å². The number of hydrogen-bond donors (Lipinski definition) is 0. The van der Waals surface area contributed by atoms with Gasteiger partial charge in [-0.3, -0.25) is 0 Å². The average Bonchev–Trinajstić information content (AvgIpc) is 2.37. The summed E-state index contributed by atoms with van der Waals surface area (Å²) in [7, 11) is 2.15. The van der Waals surface area contributed by atoms with E-state index in [1.807, 2.05) is 20.8 Å². The molecular formula is C16H30N2O3. The molecule has 1 unspecified atom stereocenters. The van der Waals surface area contributed by atoms with Gasteiger partial charge in [0.2, 0.25) is 0 Å². The van der Waals surface area contributed by atoms with Gasteiger partial charge in [-0.15, -0.1) is 0 Å². The number of amides is 1. The first-order valence-electron chi connectivity index (χ1n) is 8.15. The third-order valence-corrected chi connectivity index (χ3v) is 4.06. The monoisotopic (exact) mass is 298 g/mol. The minimum atomic E-state index is -0.420. The molecule has 0 aromatic rings. The Morgan fingerprint density at radius 2 is 1.71 bits per heavy atom. The van der Waals surface area contributed by atoms with E-state index in [4.69, 9.17) is 9.47 Å². The maximum atomic E-state index is 12.0. The van der Waals surface area contributed by atoms with Crippen molar-refractivity contribution in [2.24, 2.45) is 0 Å². The molecule has 5 nitrogen and oxygen atoms in total. The smallest absolute Gasteiger partial charge is 0.410 e. The topological polar surface area (TPSA) is 42.0 Å². The molecule has 2 fully saturated rings. The van der Waals surface area contributed by atoms with Crippen molar-refractivity contribution in [1.29, 1.82) is 0 Å². The predicted octanol–water partition coefficient (Wildman–Crippen LogP) is 2.50. The highest BCUT2D eigenvalue weighted by Crippen LogP contribution is 2.21. The maximum Gasteiger partial charge on any atom is 0.410 e. The van der Waals surface area contributed by atoms with E-state index in [0.717, 1.165) is 38.9 Å². The van der Waals surface area contributed by atoms with Gasteiger partial charge in [0.15, 0.2) is 0 Å². The zero-order chi connectivity index (χ0) is 15.5. The van der Waals surface area contributed by atoms with Crippen molar-refractivity contribution in [3.63, 3.8) is 0 Å². The number of carbonyl (C=O) groups is 1. The molecule has 0 radical (unpaired) electrons. The van der Waals surface area contributed by atoms with Crippen LogP contribution < -0.4 is 0 Å². The quantitative estimate of drug-likeness (QED) is 0.785. The zero-order valence-corrected chi connectivity index (χ0v) is 13.9. The van der Waals surface area contributed by atoms with E-state index < -0.39 is 5.60 Å². The number of ether oxygens (including phenoxy) is 2. The molecule has 0 bridgehead atoms. The van der Waals surface area contributed by atoms with Gasteiger partial charge < -0.3 is 19.3 Å². The molecule has 0 aromatic carbocycles. The number of rotatable bonds is 2. The average molecular weight is 298 g/mol. The van der Waals surface area contributed by atoms with Crippen molar-refractivity contribution in [2.75, 3.05) is 33.2 Å². The molecule has 1 amide bonds. The van der Waals surface area contributed by atoms with E-state index in [1.54, 1.807) is 4.90 Å². The van der Waals surface area contributed by atoms with E-state index in [0.29, 0.717) is 12.2 Å². The lowest BCUT2D eigenvalue weighted by Crippen LogP contribution is -2.45. The second-order valence-electron chi connectivity index (χ2n) is 7.33. The van der Waals surface area contributed by atoms with E-state index >= 15 is 0 Å². The summed E-state index contributed by atoms with van der Waals surface area (Å²) >= 11 is 0. The summed E-state index contributed by atoms with van der Waals surface area (Å²) in [5.41, 5.74) is -0.420. The minimum absolute atomic E-state index is 0.196. The first-order valence-corrected chi connectivity index (χ1v) is 8.15. The Balaban J connectivity index is 1.71. The highest BCUT2D eigenvalue weighted by molar-refractivity contribution is 5.68. The number of likely N-dealkylation sites (tertiary alicyclic amines) is 2. The minimum Gasteiger partial charge on any atom is -0.444 e. The molecule has 2 heterocycles. The Hall–Kier alpha value is -0.810. The van der Waals surface area contributed by atoms with Crippen LogP contribution in [0.3, 0.4) is 0 Å². The number of nitrogens with zero attached hydrogens (tertiary/aromatic N) is 2. The van der Waals surface area contributed by atoms with Crippen molar-refractivity contribution >= 4 is 6.09 Å². The summed E-state index contributed by atoms with van der Waals surface area (Å²) in [6.45, 7) is 9.40. The molecule has 0 N–H and O–H groups in total. The van der Waals surface area contributed by atoms with Crippen LogP contribution >= 0.6 is 0 Å². The Labute approximate surface area is 128 Å². The summed E-state index contributed by atoms with van der Waals surface area (Å²) in [5, 5.41) is 0. The molecule has 5 heteroatoms. The summed E-state index contributed by atoms with van der Waals surface area (Å²) in [6.07, 6.45) is 4.67. The van der Waals surface area contributed by atoms with Crippen molar-refractivity contribution in [3.05, 3.63) is 0 Å². The standard InChI is InChI=1S/C16H30N2O3/c1-16(2,3)21-15(19)18-10-7-13(8-11-18)20-14-6-5-9-17(4)12-14/h13-14H,5-12H2,1-4H3.